The first kappa shape index (κ1) is 20.1. The number of urea groups is 1. The van der Waals surface area contributed by atoms with E-state index in [4.69, 9.17) is 9.47 Å². The highest BCUT2D eigenvalue weighted by Gasteiger charge is 2.13. The van der Waals surface area contributed by atoms with Gasteiger partial charge in [-0.25, -0.2) is 4.79 Å². The van der Waals surface area contributed by atoms with Crippen LogP contribution in [0.3, 0.4) is 0 Å². The van der Waals surface area contributed by atoms with Crippen molar-refractivity contribution >= 4 is 22.6 Å². The number of ether oxygens (including phenoxy) is 2. The van der Waals surface area contributed by atoms with Crippen LogP contribution in [0.2, 0.25) is 0 Å². The fourth-order valence-electron chi connectivity index (χ4n) is 3.67. The Morgan fingerprint density at radius 1 is 1.07 bits per heavy atom. The fraction of sp³-hybridized carbons (Fsp3) is 0.348. The molecule has 30 heavy (non-hydrogen) atoms. The highest BCUT2D eigenvalue weighted by Crippen LogP contribution is 2.32. The molecule has 0 spiro atoms. The van der Waals surface area contributed by atoms with Crippen molar-refractivity contribution in [1.29, 1.82) is 0 Å². The summed E-state index contributed by atoms with van der Waals surface area (Å²) in [6.45, 7) is 9.13. The van der Waals surface area contributed by atoms with Crippen LogP contribution in [0.25, 0.3) is 10.9 Å². The average Bonchev–Trinajstić information content (AvgIpc) is 3.39. The third-order valence-electron chi connectivity index (χ3n) is 5.47. The van der Waals surface area contributed by atoms with E-state index in [1.807, 2.05) is 30.3 Å². The molecule has 0 aliphatic carbocycles. The zero-order valence-electron chi connectivity index (χ0n) is 17.5. The molecule has 1 aliphatic heterocycles. The second-order valence-corrected chi connectivity index (χ2v) is 7.30. The summed E-state index contributed by atoms with van der Waals surface area (Å²) in [5.74, 6) is 1.45. The molecule has 2 aromatic carbocycles. The van der Waals surface area contributed by atoms with E-state index >= 15 is 0 Å². The minimum absolute atomic E-state index is 0.242. The summed E-state index contributed by atoms with van der Waals surface area (Å²) in [4.78, 5) is 14.7. The Kier molecular flexibility index (Phi) is 6.09. The predicted octanol–water partition coefficient (Wildman–Crippen LogP) is 4.03. The lowest BCUT2D eigenvalue weighted by Crippen LogP contribution is -2.28. The first-order valence-electron chi connectivity index (χ1n) is 10.4. The van der Waals surface area contributed by atoms with Crippen molar-refractivity contribution in [3.63, 3.8) is 0 Å². The van der Waals surface area contributed by atoms with E-state index in [9.17, 15) is 4.79 Å². The number of fused-ring (bicyclic) bond motifs is 2. The Morgan fingerprint density at radius 2 is 1.90 bits per heavy atom. The number of hydrogen-bond acceptors (Lipinski definition) is 4. The normalized spacial score (nSPS) is 12.5. The monoisotopic (exact) mass is 408 g/mol. The Hall–Kier alpha value is -3.19. The maximum absolute atomic E-state index is 12.3. The zero-order valence-corrected chi connectivity index (χ0v) is 17.5. The molecule has 0 atom stereocenters. The van der Waals surface area contributed by atoms with Crippen molar-refractivity contribution in [3.05, 3.63) is 54.2 Å². The molecule has 7 nitrogen and oxygen atoms in total. The van der Waals surface area contributed by atoms with Crippen LogP contribution in [-0.2, 0) is 13.1 Å². The summed E-state index contributed by atoms with van der Waals surface area (Å²) in [7, 11) is 0. The van der Waals surface area contributed by atoms with Crippen LogP contribution in [-0.4, -0.2) is 41.9 Å². The highest BCUT2D eigenvalue weighted by molar-refractivity contribution is 5.92. The van der Waals surface area contributed by atoms with E-state index in [1.165, 1.54) is 5.52 Å². The number of anilines is 1. The van der Waals surface area contributed by atoms with E-state index < -0.39 is 0 Å². The van der Waals surface area contributed by atoms with Gasteiger partial charge in [-0.3, -0.25) is 0 Å². The molecule has 0 saturated carbocycles. The maximum Gasteiger partial charge on any atom is 0.319 e. The average molecular weight is 409 g/mol. The number of rotatable bonds is 8. The van der Waals surface area contributed by atoms with Crippen LogP contribution < -0.4 is 20.1 Å². The number of hydrogen-bond donors (Lipinski definition) is 2. The van der Waals surface area contributed by atoms with Crippen LogP contribution >= 0.6 is 0 Å². The van der Waals surface area contributed by atoms with Crippen molar-refractivity contribution < 1.29 is 14.3 Å². The third kappa shape index (κ3) is 4.52. The topological polar surface area (TPSA) is 67.8 Å². The van der Waals surface area contributed by atoms with Crippen LogP contribution in [0.15, 0.2) is 48.7 Å². The molecule has 158 valence electrons. The molecule has 2 heterocycles. The van der Waals surface area contributed by atoms with Gasteiger partial charge in [-0.15, -0.1) is 0 Å². The quantitative estimate of drug-likeness (QED) is 0.590. The molecule has 0 unspecified atom stereocenters. The van der Waals surface area contributed by atoms with Crippen LogP contribution in [0.5, 0.6) is 11.5 Å². The smallest absolute Gasteiger partial charge is 0.319 e. The van der Waals surface area contributed by atoms with E-state index in [2.05, 4.69) is 52.3 Å². The van der Waals surface area contributed by atoms with Crippen molar-refractivity contribution in [2.75, 3.05) is 31.7 Å². The van der Waals surface area contributed by atoms with Crippen molar-refractivity contribution in [2.24, 2.45) is 0 Å². The third-order valence-corrected chi connectivity index (χ3v) is 5.47. The molecule has 0 fully saturated rings. The van der Waals surface area contributed by atoms with Crippen molar-refractivity contribution in [1.82, 2.24) is 14.8 Å². The number of nitrogens with zero attached hydrogens (tertiary/aromatic N) is 2. The molecular formula is C23H28N4O3. The van der Waals surface area contributed by atoms with Crippen LogP contribution in [0.1, 0.15) is 19.4 Å². The van der Waals surface area contributed by atoms with Crippen LogP contribution in [0.4, 0.5) is 10.5 Å². The molecule has 1 aromatic heterocycles. The van der Waals surface area contributed by atoms with E-state index in [0.29, 0.717) is 12.3 Å². The number of benzene rings is 2. The highest BCUT2D eigenvalue weighted by atomic mass is 16.7. The zero-order chi connectivity index (χ0) is 20.9. The van der Waals surface area contributed by atoms with E-state index in [-0.39, 0.29) is 12.8 Å². The number of amides is 2. The van der Waals surface area contributed by atoms with Gasteiger partial charge in [0.25, 0.3) is 0 Å². The molecule has 1 aliphatic rings. The lowest BCUT2D eigenvalue weighted by Gasteiger charge is -2.18. The van der Waals surface area contributed by atoms with Gasteiger partial charge in [0.15, 0.2) is 11.5 Å². The van der Waals surface area contributed by atoms with E-state index in [0.717, 1.165) is 48.6 Å². The number of nitrogens with one attached hydrogen (secondary N) is 2. The Morgan fingerprint density at radius 3 is 2.73 bits per heavy atom. The van der Waals surface area contributed by atoms with Gasteiger partial charge in [-0.1, -0.05) is 19.9 Å². The lowest BCUT2D eigenvalue weighted by atomic mass is 10.2. The van der Waals surface area contributed by atoms with E-state index in [1.54, 1.807) is 0 Å². The van der Waals surface area contributed by atoms with Crippen molar-refractivity contribution in [2.45, 2.75) is 26.9 Å². The SMILES string of the molecule is CCN(CC)CCn1ccc2cc(NC(=O)NCc3ccc4c(c3)OCO4)ccc21. The molecular weight excluding hydrogens is 380 g/mol. The molecule has 2 amide bonds. The molecule has 0 bridgehead atoms. The summed E-state index contributed by atoms with van der Waals surface area (Å²) in [5.41, 5.74) is 2.90. The fourth-order valence-corrected chi connectivity index (χ4v) is 3.67. The van der Waals surface area contributed by atoms with Gasteiger partial charge in [0.1, 0.15) is 0 Å². The summed E-state index contributed by atoms with van der Waals surface area (Å²) in [5, 5.41) is 6.91. The summed E-state index contributed by atoms with van der Waals surface area (Å²) >= 11 is 0. The minimum atomic E-state index is -0.243. The maximum atomic E-state index is 12.3. The molecule has 2 N–H and O–H groups in total. The van der Waals surface area contributed by atoms with Gasteiger partial charge < -0.3 is 29.6 Å². The van der Waals surface area contributed by atoms with Gasteiger partial charge in [0.05, 0.1) is 0 Å². The first-order valence-corrected chi connectivity index (χ1v) is 10.4. The van der Waals surface area contributed by atoms with Crippen LogP contribution in [0, 0.1) is 0 Å². The second-order valence-electron chi connectivity index (χ2n) is 7.30. The Balaban J connectivity index is 1.34. The van der Waals surface area contributed by atoms with Gasteiger partial charge in [0, 0.05) is 42.4 Å². The molecule has 0 saturated heterocycles. The number of likely N-dealkylation sites (N-methyl/N-ethyl adjacent to an activating group) is 1. The van der Waals surface area contributed by atoms with Crippen molar-refractivity contribution in [3.8, 4) is 11.5 Å². The van der Waals surface area contributed by atoms with Gasteiger partial charge >= 0.3 is 6.03 Å². The molecule has 7 heteroatoms. The summed E-state index contributed by atoms with van der Waals surface area (Å²) in [6, 6.07) is 13.5. The first-order chi connectivity index (χ1) is 14.7. The van der Waals surface area contributed by atoms with Gasteiger partial charge in [-0.05, 0) is 55.1 Å². The molecule has 0 radical (unpaired) electrons. The van der Waals surface area contributed by atoms with Gasteiger partial charge in [0.2, 0.25) is 6.79 Å². The van der Waals surface area contributed by atoms with Gasteiger partial charge in [-0.2, -0.15) is 0 Å². The second kappa shape index (κ2) is 9.09. The Labute approximate surface area is 176 Å². The largest absolute Gasteiger partial charge is 0.454 e. The standard InChI is InChI=1S/C23H28N4O3/c1-3-26(4-2)11-12-27-10-9-18-14-19(6-7-20(18)27)25-23(28)24-15-17-5-8-21-22(13-17)30-16-29-21/h5-10,13-14H,3-4,11-12,15-16H2,1-2H3,(H2,24,25,28). The predicted molar refractivity (Wildman–Crippen MR) is 118 cm³/mol. The minimum Gasteiger partial charge on any atom is -0.454 e. The number of carbonyl (C=O) groups excluding carboxylic acids is 1. The molecule has 4 rings (SSSR count). The number of aromatic nitrogens is 1. The summed E-state index contributed by atoms with van der Waals surface area (Å²) in [6.07, 6.45) is 2.11. The summed E-state index contributed by atoms with van der Waals surface area (Å²) < 4.78 is 12.9. The Bertz CT molecular complexity index is 1030. The molecule has 3 aromatic rings. The lowest BCUT2D eigenvalue weighted by molar-refractivity contribution is 0.174. The number of carbonyl (C=O) groups is 1.